The lowest BCUT2D eigenvalue weighted by atomic mass is 9.78. The first-order valence-electron chi connectivity index (χ1n) is 8.97. The quantitative estimate of drug-likeness (QED) is 0.856. The Bertz CT molecular complexity index is 866. The summed E-state index contributed by atoms with van der Waals surface area (Å²) in [6, 6.07) is 1.97. The number of aromatic amines is 1. The number of carbonyl (C=O) groups excluding carboxylic acids is 1. The molecule has 0 unspecified atom stereocenters. The second-order valence-corrected chi connectivity index (χ2v) is 8.01. The number of H-pyrrole nitrogens is 1. The van der Waals surface area contributed by atoms with Crippen LogP contribution in [0, 0.1) is 11.8 Å². The average molecular weight is 363 g/mol. The third kappa shape index (κ3) is 3.86. The molecule has 7 heteroatoms. The van der Waals surface area contributed by atoms with E-state index in [1.165, 1.54) is 22.3 Å². The number of nitrogens with zero attached hydrogens (tertiary/aromatic N) is 1. The van der Waals surface area contributed by atoms with Gasteiger partial charge in [0.2, 0.25) is 5.91 Å². The number of carbonyl (C=O) groups is 1. The minimum Gasteiger partial charge on any atom is -0.353 e. The highest BCUT2D eigenvalue weighted by molar-refractivity contribution is 7.17. The largest absolute Gasteiger partial charge is 0.353 e. The van der Waals surface area contributed by atoms with Crippen LogP contribution in [-0.4, -0.2) is 21.5 Å². The SMILES string of the molecule is C[C@H]1[C@H](C)CCC[C@@H]1NC(=O)CCCn1c(=O)[nH]c2ccsc2c1=O. The van der Waals surface area contributed by atoms with E-state index < -0.39 is 5.69 Å². The molecule has 0 aromatic carbocycles. The van der Waals surface area contributed by atoms with Gasteiger partial charge < -0.3 is 10.3 Å². The smallest absolute Gasteiger partial charge is 0.328 e. The number of hydrogen-bond acceptors (Lipinski definition) is 4. The maximum Gasteiger partial charge on any atom is 0.328 e. The van der Waals surface area contributed by atoms with Crippen LogP contribution in [0.5, 0.6) is 0 Å². The van der Waals surface area contributed by atoms with Gasteiger partial charge in [-0.25, -0.2) is 4.79 Å². The predicted molar refractivity (Wildman–Crippen MR) is 100 cm³/mol. The summed E-state index contributed by atoms with van der Waals surface area (Å²) in [7, 11) is 0. The van der Waals surface area contributed by atoms with Crippen LogP contribution in [0.25, 0.3) is 10.2 Å². The van der Waals surface area contributed by atoms with Gasteiger partial charge in [0.25, 0.3) is 5.56 Å². The number of hydrogen-bond donors (Lipinski definition) is 2. The molecule has 0 saturated heterocycles. The van der Waals surface area contributed by atoms with Crippen LogP contribution in [0.15, 0.2) is 21.0 Å². The zero-order chi connectivity index (χ0) is 18.0. The molecule has 2 aromatic rings. The molecule has 3 atom stereocenters. The summed E-state index contributed by atoms with van der Waals surface area (Å²) in [5, 5.41) is 4.91. The van der Waals surface area contributed by atoms with Crippen molar-refractivity contribution in [3.05, 3.63) is 32.3 Å². The Morgan fingerprint density at radius 3 is 2.96 bits per heavy atom. The summed E-state index contributed by atoms with van der Waals surface area (Å²) in [6.07, 6.45) is 4.21. The van der Waals surface area contributed by atoms with Gasteiger partial charge in [-0.15, -0.1) is 11.3 Å². The highest BCUT2D eigenvalue weighted by Gasteiger charge is 2.27. The molecule has 2 aromatic heterocycles. The summed E-state index contributed by atoms with van der Waals surface area (Å²) in [5.74, 6) is 1.13. The fourth-order valence-electron chi connectivity index (χ4n) is 3.64. The maximum atomic E-state index is 12.3. The maximum absolute atomic E-state index is 12.3. The van der Waals surface area contributed by atoms with E-state index in [1.807, 2.05) is 0 Å². The van der Waals surface area contributed by atoms with Crippen LogP contribution in [0.3, 0.4) is 0 Å². The summed E-state index contributed by atoms with van der Waals surface area (Å²) in [6.45, 7) is 4.69. The lowest BCUT2D eigenvalue weighted by molar-refractivity contribution is -0.122. The molecule has 6 nitrogen and oxygen atoms in total. The molecule has 1 fully saturated rings. The molecule has 0 radical (unpaired) electrons. The van der Waals surface area contributed by atoms with Crippen LogP contribution in [0.4, 0.5) is 0 Å². The molecular formula is C18H25N3O3S. The van der Waals surface area contributed by atoms with Crippen LogP contribution in [-0.2, 0) is 11.3 Å². The van der Waals surface area contributed by atoms with E-state index in [1.54, 1.807) is 11.4 Å². The Morgan fingerprint density at radius 2 is 2.16 bits per heavy atom. The molecule has 0 spiro atoms. The standard InChI is InChI=1S/C18H25N3O3S/c1-11-5-3-6-13(12(11)2)19-15(22)7-4-9-21-17(23)16-14(8-10-25-16)20-18(21)24/h8,10-13H,3-7,9H2,1-2H3,(H,19,22)(H,20,24)/t11-,12+,13+/m1/s1. The zero-order valence-electron chi connectivity index (χ0n) is 14.7. The molecule has 0 bridgehead atoms. The minimum absolute atomic E-state index is 0.00706. The Labute approximate surface area is 150 Å². The van der Waals surface area contributed by atoms with Gasteiger partial charge in [0.1, 0.15) is 4.70 Å². The molecule has 2 heterocycles. The van der Waals surface area contributed by atoms with Gasteiger partial charge in [-0.1, -0.05) is 26.7 Å². The van der Waals surface area contributed by atoms with Crippen molar-refractivity contribution in [1.82, 2.24) is 14.9 Å². The Kier molecular flexibility index (Phi) is 5.42. The van der Waals surface area contributed by atoms with E-state index in [2.05, 4.69) is 24.1 Å². The van der Waals surface area contributed by atoms with Crippen molar-refractivity contribution in [1.29, 1.82) is 0 Å². The van der Waals surface area contributed by atoms with Gasteiger partial charge in [0, 0.05) is 19.0 Å². The molecule has 1 saturated carbocycles. The molecule has 2 N–H and O–H groups in total. The lowest BCUT2D eigenvalue weighted by Crippen LogP contribution is -2.43. The first-order valence-corrected chi connectivity index (χ1v) is 9.85. The summed E-state index contributed by atoms with van der Waals surface area (Å²) in [4.78, 5) is 39.3. The molecule has 0 aliphatic heterocycles. The summed E-state index contributed by atoms with van der Waals surface area (Å²) >= 11 is 1.32. The van der Waals surface area contributed by atoms with Crippen molar-refractivity contribution in [2.75, 3.05) is 0 Å². The molecule has 1 aliphatic rings. The van der Waals surface area contributed by atoms with E-state index in [0.29, 0.717) is 34.9 Å². The number of nitrogens with one attached hydrogen (secondary N) is 2. The Morgan fingerprint density at radius 1 is 1.36 bits per heavy atom. The van der Waals surface area contributed by atoms with E-state index in [9.17, 15) is 14.4 Å². The fraction of sp³-hybridized carbons (Fsp3) is 0.611. The second kappa shape index (κ2) is 7.56. The summed E-state index contributed by atoms with van der Waals surface area (Å²) in [5.41, 5.74) is -0.107. The number of rotatable bonds is 5. The molecule has 1 aliphatic carbocycles. The highest BCUT2D eigenvalue weighted by Crippen LogP contribution is 2.29. The molecular weight excluding hydrogens is 338 g/mol. The Balaban J connectivity index is 1.57. The topological polar surface area (TPSA) is 84.0 Å². The van der Waals surface area contributed by atoms with E-state index in [4.69, 9.17) is 0 Å². The molecule has 136 valence electrons. The zero-order valence-corrected chi connectivity index (χ0v) is 15.5. The van der Waals surface area contributed by atoms with Crippen LogP contribution >= 0.6 is 11.3 Å². The normalized spacial score (nSPS) is 23.7. The minimum atomic E-state index is -0.411. The van der Waals surface area contributed by atoms with Gasteiger partial charge in [-0.05, 0) is 36.1 Å². The highest BCUT2D eigenvalue weighted by atomic mass is 32.1. The predicted octanol–water partition coefficient (Wildman–Crippen LogP) is 2.47. The van der Waals surface area contributed by atoms with Crippen molar-refractivity contribution in [2.45, 2.75) is 58.5 Å². The van der Waals surface area contributed by atoms with Gasteiger partial charge >= 0.3 is 5.69 Å². The van der Waals surface area contributed by atoms with Crippen LogP contribution in [0.2, 0.25) is 0 Å². The first-order chi connectivity index (χ1) is 12.0. The summed E-state index contributed by atoms with van der Waals surface area (Å²) < 4.78 is 1.74. The third-order valence-corrected chi connectivity index (χ3v) is 6.33. The number of amides is 1. The van der Waals surface area contributed by atoms with E-state index in [0.717, 1.165) is 12.8 Å². The lowest BCUT2D eigenvalue weighted by Gasteiger charge is -2.34. The fourth-order valence-corrected chi connectivity index (χ4v) is 4.43. The van der Waals surface area contributed by atoms with E-state index >= 15 is 0 Å². The van der Waals surface area contributed by atoms with Crippen molar-refractivity contribution in [2.24, 2.45) is 11.8 Å². The number of thiophene rings is 1. The van der Waals surface area contributed by atoms with E-state index in [-0.39, 0.29) is 24.1 Å². The second-order valence-electron chi connectivity index (χ2n) is 7.10. The van der Waals surface area contributed by atoms with Crippen molar-refractivity contribution >= 4 is 27.5 Å². The van der Waals surface area contributed by atoms with Crippen molar-refractivity contribution in [3.8, 4) is 0 Å². The van der Waals surface area contributed by atoms with Crippen LogP contribution in [0.1, 0.15) is 46.0 Å². The molecule has 25 heavy (non-hydrogen) atoms. The molecule has 3 rings (SSSR count). The third-order valence-electron chi connectivity index (χ3n) is 5.43. The van der Waals surface area contributed by atoms with Gasteiger partial charge in [0.15, 0.2) is 0 Å². The van der Waals surface area contributed by atoms with Crippen LogP contribution < -0.4 is 16.6 Å². The molecule has 1 amide bonds. The number of aromatic nitrogens is 2. The van der Waals surface area contributed by atoms with Gasteiger partial charge in [-0.3, -0.25) is 14.2 Å². The van der Waals surface area contributed by atoms with Crippen molar-refractivity contribution < 1.29 is 4.79 Å². The number of fused-ring (bicyclic) bond motifs is 1. The Hall–Kier alpha value is -1.89. The monoisotopic (exact) mass is 363 g/mol. The van der Waals surface area contributed by atoms with Crippen molar-refractivity contribution in [3.63, 3.8) is 0 Å². The van der Waals surface area contributed by atoms with Gasteiger partial charge in [-0.2, -0.15) is 0 Å². The average Bonchev–Trinajstić information content (AvgIpc) is 3.03. The van der Waals surface area contributed by atoms with Gasteiger partial charge in [0.05, 0.1) is 5.52 Å². The first kappa shape index (κ1) is 17.9.